The van der Waals surface area contributed by atoms with Gasteiger partial charge in [-0.25, -0.2) is 4.79 Å². The molecule has 1 rings (SSSR count). The molecular weight excluding hydrogens is 268 g/mol. The summed E-state index contributed by atoms with van der Waals surface area (Å²) in [6, 6.07) is 7.39. The summed E-state index contributed by atoms with van der Waals surface area (Å²) in [6.07, 6.45) is 0.458. The Morgan fingerprint density at radius 2 is 2.00 bits per heavy atom. The van der Waals surface area contributed by atoms with Crippen LogP contribution >= 0.6 is 0 Å². The van der Waals surface area contributed by atoms with Crippen molar-refractivity contribution in [1.82, 2.24) is 5.32 Å². The van der Waals surface area contributed by atoms with Crippen LogP contribution in [0.2, 0.25) is 0 Å². The quantitative estimate of drug-likeness (QED) is 0.846. The van der Waals surface area contributed by atoms with E-state index in [0.717, 1.165) is 11.3 Å². The highest BCUT2D eigenvalue weighted by atomic mass is 16.4. The zero-order chi connectivity index (χ0) is 16.0. The van der Waals surface area contributed by atoms with Gasteiger partial charge < -0.3 is 10.4 Å². The molecule has 21 heavy (non-hydrogen) atoms. The van der Waals surface area contributed by atoms with Gasteiger partial charge in [-0.1, -0.05) is 19.1 Å². The third-order valence-electron chi connectivity index (χ3n) is 3.80. The lowest BCUT2D eigenvalue weighted by molar-refractivity contribution is -0.147. The molecule has 0 aliphatic carbocycles. The molecule has 0 bridgehead atoms. The Bertz CT molecular complexity index is 516. The molecule has 2 N–H and O–H groups in total. The number of hydrogen-bond donors (Lipinski definition) is 2. The molecule has 1 aromatic carbocycles. The van der Waals surface area contributed by atoms with E-state index in [0.29, 0.717) is 13.0 Å². The maximum absolute atomic E-state index is 12.3. The summed E-state index contributed by atoms with van der Waals surface area (Å²) in [5.74, 6) is -0.899. The highest BCUT2D eigenvalue weighted by molar-refractivity contribution is 5.92. The van der Waals surface area contributed by atoms with Crippen LogP contribution in [0.15, 0.2) is 24.3 Å². The zero-order valence-corrected chi connectivity index (χ0v) is 13.1. The van der Waals surface area contributed by atoms with Crippen molar-refractivity contribution in [1.29, 1.82) is 0 Å². The fourth-order valence-corrected chi connectivity index (χ4v) is 1.96. The number of urea groups is 1. The van der Waals surface area contributed by atoms with Gasteiger partial charge in [0.15, 0.2) is 0 Å². The second-order valence-corrected chi connectivity index (χ2v) is 5.46. The first-order valence-electron chi connectivity index (χ1n) is 7.19. The van der Waals surface area contributed by atoms with Gasteiger partial charge in [0.1, 0.15) is 0 Å². The number of amides is 2. The molecule has 116 valence electrons. The number of nitrogens with one attached hydrogen (secondary N) is 1. The van der Waals surface area contributed by atoms with Crippen molar-refractivity contribution in [2.45, 2.75) is 34.1 Å². The van der Waals surface area contributed by atoms with Crippen LogP contribution in [0.5, 0.6) is 0 Å². The molecule has 0 saturated heterocycles. The summed E-state index contributed by atoms with van der Waals surface area (Å²) in [6.45, 7) is 7.92. The third-order valence-corrected chi connectivity index (χ3v) is 3.80. The molecule has 0 spiro atoms. The van der Waals surface area contributed by atoms with Gasteiger partial charge in [-0.15, -0.1) is 0 Å². The molecule has 1 unspecified atom stereocenters. The van der Waals surface area contributed by atoms with Gasteiger partial charge in [-0.05, 0) is 44.9 Å². The number of benzene rings is 1. The predicted molar refractivity (Wildman–Crippen MR) is 83.6 cm³/mol. The number of aliphatic carboxylic acids is 1. The first-order valence-corrected chi connectivity index (χ1v) is 7.19. The van der Waals surface area contributed by atoms with Crippen molar-refractivity contribution in [3.63, 3.8) is 0 Å². The summed E-state index contributed by atoms with van der Waals surface area (Å²) in [5, 5.41) is 12.0. The first-order chi connectivity index (χ1) is 9.84. The van der Waals surface area contributed by atoms with Gasteiger partial charge in [0.2, 0.25) is 0 Å². The van der Waals surface area contributed by atoms with Gasteiger partial charge in [0.05, 0.1) is 5.41 Å². The van der Waals surface area contributed by atoms with Gasteiger partial charge in [0, 0.05) is 18.8 Å². The van der Waals surface area contributed by atoms with Gasteiger partial charge in [0.25, 0.3) is 0 Å². The normalized spacial score (nSPS) is 13.3. The number of carboxylic acids is 1. The lowest BCUT2D eigenvalue weighted by atomic mass is 9.88. The van der Waals surface area contributed by atoms with Crippen LogP contribution in [-0.2, 0) is 4.79 Å². The van der Waals surface area contributed by atoms with Gasteiger partial charge in [-0.2, -0.15) is 0 Å². The second-order valence-electron chi connectivity index (χ2n) is 5.46. The minimum absolute atomic E-state index is 0.111. The van der Waals surface area contributed by atoms with Gasteiger partial charge >= 0.3 is 12.0 Å². The zero-order valence-electron chi connectivity index (χ0n) is 13.1. The second kappa shape index (κ2) is 7.11. The number of nitrogens with zero attached hydrogens (tertiary/aromatic N) is 1. The van der Waals surface area contributed by atoms with E-state index in [1.54, 1.807) is 18.7 Å². The summed E-state index contributed by atoms with van der Waals surface area (Å²) in [7, 11) is 0. The van der Waals surface area contributed by atoms with E-state index < -0.39 is 11.4 Å². The van der Waals surface area contributed by atoms with E-state index >= 15 is 0 Å². The number of rotatable bonds is 6. The van der Waals surface area contributed by atoms with Crippen LogP contribution in [-0.4, -0.2) is 30.2 Å². The molecule has 2 amide bonds. The first kappa shape index (κ1) is 17.0. The number of carboxylic acid groups (broad SMARTS) is 1. The summed E-state index contributed by atoms with van der Waals surface area (Å²) in [5.41, 5.74) is 0.938. The van der Waals surface area contributed by atoms with E-state index in [-0.39, 0.29) is 12.6 Å². The molecule has 1 atom stereocenters. The number of carbonyl (C=O) groups excluding carboxylic acids is 1. The summed E-state index contributed by atoms with van der Waals surface area (Å²) >= 11 is 0. The van der Waals surface area contributed by atoms with E-state index in [1.165, 1.54) is 0 Å². The van der Waals surface area contributed by atoms with Crippen LogP contribution in [0.1, 0.15) is 32.8 Å². The predicted octanol–water partition coefficient (Wildman–Crippen LogP) is 3.03. The smallest absolute Gasteiger partial charge is 0.321 e. The highest BCUT2D eigenvalue weighted by Gasteiger charge is 2.32. The average molecular weight is 292 g/mol. The molecule has 0 aliphatic heterocycles. The van der Waals surface area contributed by atoms with Crippen molar-refractivity contribution in [2.24, 2.45) is 5.41 Å². The van der Waals surface area contributed by atoms with E-state index in [9.17, 15) is 14.7 Å². The van der Waals surface area contributed by atoms with Crippen LogP contribution < -0.4 is 10.2 Å². The number of anilines is 1. The molecule has 0 heterocycles. The molecule has 5 heteroatoms. The Hall–Kier alpha value is -2.04. The van der Waals surface area contributed by atoms with Crippen LogP contribution in [0.25, 0.3) is 0 Å². The highest BCUT2D eigenvalue weighted by Crippen LogP contribution is 2.21. The van der Waals surface area contributed by atoms with Crippen molar-refractivity contribution in [3.8, 4) is 0 Å². The molecule has 0 aromatic heterocycles. The van der Waals surface area contributed by atoms with Crippen LogP contribution in [0, 0.1) is 12.3 Å². The third kappa shape index (κ3) is 4.21. The Morgan fingerprint density at radius 3 is 2.48 bits per heavy atom. The lowest BCUT2D eigenvalue weighted by Gasteiger charge is -2.27. The molecule has 0 radical (unpaired) electrons. The number of aryl methyl sites for hydroxylation is 1. The lowest BCUT2D eigenvalue weighted by Crippen LogP contribution is -2.46. The average Bonchev–Trinajstić information content (AvgIpc) is 2.45. The van der Waals surface area contributed by atoms with Crippen molar-refractivity contribution in [2.75, 3.05) is 18.0 Å². The minimum atomic E-state index is -0.943. The molecular formula is C16H24N2O3. The monoisotopic (exact) mass is 292 g/mol. The molecule has 0 saturated carbocycles. The SMILES string of the molecule is CCN(C(=O)NCC(C)(CC)C(=O)O)c1cccc(C)c1. The summed E-state index contributed by atoms with van der Waals surface area (Å²) in [4.78, 5) is 25.1. The maximum atomic E-state index is 12.3. The Morgan fingerprint density at radius 1 is 1.33 bits per heavy atom. The van der Waals surface area contributed by atoms with Crippen LogP contribution in [0.3, 0.4) is 0 Å². The molecule has 1 aromatic rings. The van der Waals surface area contributed by atoms with E-state index in [4.69, 9.17) is 0 Å². The Balaban J connectivity index is 2.79. The van der Waals surface area contributed by atoms with Crippen molar-refractivity contribution >= 4 is 17.7 Å². The number of hydrogen-bond acceptors (Lipinski definition) is 2. The Kier molecular flexibility index (Phi) is 5.76. The fourth-order valence-electron chi connectivity index (χ4n) is 1.96. The molecule has 5 nitrogen and oxygen atoms in total. The van der Waals surface area contributed by atoms with Crippen molar-refractivity contribution < 1.29 is 14.7 Å². The molecule has 0 fully saturated rings. The van der Waals surface area contributed by atoms with E-state index in [1.807, 2.05) is 38.1 Å². The fraction of sp³-hybridized carbons (Fsp3) is 0.500. The Labute approximate surface area is 126 Å². The largest absolute Gasteiger partial charge is 0.481 e. The van der Waals surface area contributed by atoms with Crippen molar-refractivity contribution in [3.05, 3.63) is 29.8 Å². The van der Waals surface area contributed by atoms with Crippen LogP contribution in [0.4, 0.5) is 10.5 Å². The standard InChI is InChI=1S/C16H24N2O3/c1-5-16(4,14(19)20)11-17-15(21)18(6-2)13-9-7-8-12(3)10-13/h7-10H,5-6,11H2,1-4H3,(H,17,21)(H,19,20). The topological polar surface area (TPSA) is 69.6 Å². The van der Waals surface area contributed by atoms with E-state index in [2.05, 4.69) is 5.32 Å². The minimum Gasteiger partial charge on any atom is -0.481 e. The van der Waals surface area contributed by atoms with Gasteiger partial charge in [-0.3, -0.25) is 9.69 Å². The maximum Gasteiger partial charge on any atom is 0.321 e. The molecule has 0 aliphatic rings. The summed E-state index contributed by atoms with van der Waals surface area (Å²) < 4.78 is 0. The number of carbonyl (C=O) groups is 2.